The van der Waals surface area contributed by atoms with Gasteiger partial charge in [0, 0.05) is 18.1 Å². The fraction of sp³-hybridized carbons (Fsp3) is 0.357. The van der Waals surface area contributed by atoms with Gasteiger partial charge in [0.15, 0.2) is 0 Å². The summed E-state index contributed by atoms with van der Waals surface area (Å²) in [6, 6.07) is 6.27. The zero-order chi connectivity index (χ0) is 14.7. The van der Waals surface area contributed by atoms with E-state index in [0.29, 0.717) is 18.4 Å². The second-order valence-electron chi connectivity index (χ2n) is 4.89. The molecule has 1 aromatic carbocycles. The van der Waals surface area contributed by atoms with Gasteiger partial charge in [-0.2, -0.15) is 0 Å². The summed E-state index contributed by atoms with van der Waals surface area (Å²) < 4.78 is 0. The summed E-state index contributed by atoms with van der Waals surface area (Å²) in [6.45, 7) is 0. The number of alkyl halides is 1. The molecular weight excluding hydrogens is 282 g/mol. The maximum atomic E-state index is 11.1. The first-order valence-electron chi connectivity index (χ1n) is 6.23. The van der Waals surface area contributed by atoms with Crippen LogP contribution >= 0.6 is 11.6 Å². The topological polar surface area (TPSA) is 80.4 Å². The van der Waals surface area contributed by atoms with Crippen molar-refractivity contribution in [2.24, 2.45) is 5.92 Å². The Kier molecular flexibility index (Phi) is 4.39. The van der Waals surface area contributed by atoms with Gasteiger partial charge in [0.05, 0.1) is 16.6 Å². The third-order valence-electron chi connectivity index (χ3n) is 3.68. The van der Waals surface area contributed by atoms with E-state index in [1.165, 1.54) is 12.1 Å². The van der Waals surface area contributed by atoms with E-state index < -0.39 is 10.3 Å². The zero-order valence-corrected chi connectivity index (χ0v) is 11.4. The Labute approximate surface area is 121 Å². The number of non-ortho nitro benzene ring substituents is 1. The summed E-state index contributed by atoms with van der Waals surface area (Å²) in [5.74, 6) is -0.330. The van der Waals surface area contributed by atoms with Crippen LogP contribution in [0.4, 0.5) is 5.69 Å². The van der Waals surface area contributed by atoms with Gasteiger partial charge in [-0.15, -0.1) is 11.6 Å². The van der Waals surface area contributed by atoms with E-state index in [2.05, 4.69) is 0 Å². The number of rotatable bonds is 3. The molecule has 0 bridgehead atoms. The highest BCUT2D eigenvalue weighted by Gasteiger charge is 2.33. The van der Waals surface area contributed by atoms with Crippen LogP contribution in [0.1, 0.15) is 24.3 Å². The van der Waals surface area contributed by atoms with Crippen LogP contribution in [0.25, 0.3) is 0 Å². The van der Waals surface area contributed by atoms with Crippen molar-refractivity contribution in [3.05, 3.63) is 51.8 Å². The van der Waals surface area contributed by atoms with Gasteiger partial charge in [0.2, 0.25) is 0 Å². The van der Waals surface area contributed by atoms with Crippen molar-refractivity contribution in [3.63, 3.8) is 0 Å². The molecule has 1 fully saturated rings. The predicted molar refractivity (Wildman–Crippen MR) is 75.0 cm³/mol. The lowest BCUT2D eigenvalue weighted by molar-refractivity contribution is -0.384. The molecule has 0 spiro atoms. The first kappa shape index (κ1) is 14.5. The van der Waals surface area contributed by atoms with E-state index in [9.17, 15) is 20.0 Å². The number of carbonyl (C=O) groups excluding carboxylic acids is 1. The van der Waals surface area contributed by atoms with Gasteiger partial charge in [-0.3, -0.25) is 10.1 Å². The standard InChI is InChI=1S/C14H14ClNO4/c15-14-11(7-17)5-10(6-12(14)8-18)9-1-3-13(4-2-9)16(19)20/h1-4,7-8,10-11,14,18H,5-6H2. The average Bonchev–Trinajstić information content (AvgIpc) is 2.47. The molecule has 1 aliphatic rings. The third kappa shape index (κ3) is 2.82. The Bertz CT molecular complexity index is 541. The highest BCUT2D eigenvalue weighted by Crippen LogP contribution is 2.41. The molecule has 1 saturated carbocycles. The number of carbonyl (C=O) groups is 1. The van der Waals surface area contributed by atoms with Gasteiger partial charge in [0.1, 0.15) is 6.29 Å². The molecule has 1 aromatic rings. The normalized spacial score (nSPS) is 28.2. The van der Waals surface area contributed by atoms with Crippen LogP contribution in [-0.4, -0.2) is 21.7 Å². The van der Waals surface area contributed by atoms with Gasteiger partial charge in [-0.25, -0.2) is 0 Å². The Morgan fingerprint density at radius 3 is 2.50 bits per heavy atom. The SMILES string of the molecule is O=CC1CC(c2ccc([N+](=O)[O-])cc2)CC(=CO)C1Cl. The molecular formula is C14H14ClNO4. The van der Waals surface area contributed by atoms with Crippen molar-refractivity contribution in [1.29, 1.82) is 0 Å². The van der Waals surface area contributed by atoms with E-state index >= 15 is 0 Å². The molecule has 6 heteroatoms. The van der Waals surface area contributed by atoms with E-state index in [4.69, 9.17) is 11.6 Å². The number of hydrogen-bond acceptors (Lipinski definition) is 4. The number of benzene rings is 1. The first-order valence-corrected chi connectivity index (χ1v) is 6.67. The summed E-state index contributed by atoms with van der Waals surface area (Å²) in [5, 5.41) is 19.4. The lowest BCUT2D eigenvalue weighted by Crippen LogP contribution is -2.28. The molecule has 0 radical (unpaired) electrons. The fourth-order valence-electron chi connectivity index (χ4n) is 2.57. The molecule has 0 aromatic heterocycles. The molecule has 1 aliphatic carbocycles. The molecule has 5 nitrogen and oxygen atoms in total. The second kappa shape index (κ2) is 6.05. The Morgan fingerprint density at radius 1 is 1.35 bits per heavy atom. The number of aldehydes is 1. The van der Waals surface area contributed by atoms with Crippen LogP contribution in [0.15, 0.2) is 36.1 Å². The molecule has 0 heterocycles. The minimum atomic E-state index is -0.480. The third-order valence-corrected chi connectivity index (χ3v) is 4.29. The lowest BCUT2D eigenvalue weighted by atomic mass is 9.76. The van der Waals surface area contributed by atoms with Gasteiger partial charge >= 0.3 is 0 Å². The van der Waals surface area contributed by atoms with Crippen molar-refractivity contribution >= 4 is 23.6 Å². The van der Waals surface area contributed by atoms with Crippen molar-refractivity contribution in [1.82, 2.24) is 0 Å². The number of nitro groups is 1. The molecule has 1 N–H and O–H groups in total. The number of halogens is 1. The minimum absolute atomic E-state index is 0.0272. The number of hydrogen-bond donors (Lipinski definition) is 1. The summed E-state index contributed by atoms with van der Waals surface area (Å²) in [7, 11) is 0. The minimum Gasteiger partial charge on any atom is -0.516 e. The average molecular weight is 296 g/mol. The Morgan fingerprint density at radius 2 is 2.00 bits per heavy atom. The molecule has 106 valence electrons. The molecule has 20 heavy (non-hydrogen) atoms. The number of allylic oxidation sites excluding steroid dienone is 1. The summed E-state index contributed by atoms with van der Waals surface area (Å²) in [6.07, 6.45) is 2.89. The molecule has 0 saturated heterocycles. The highest BCUT2D eigenvalue weighted by molar-refractivity contribution is 6.23. The van der Waals surface area contributed by atoms with E-state index in [0.717, 1.165) is 18.1 Å². The summed E-state index contributed by atoms with van der Waals surface area (Å²) >= 11 is 6.12. The zero-order valence-electron chi connectivity index (χ0n) is 10.6. The summed E-state index contributed by atoms with van der Waals surface area (Å²) in [5.41, 5.74) is 1.56. The van der Waals surface area contributed by atoms with E-state index in [1.807, 2.05) is 0 Å². The maximum Gasteiger partial charge on any atom is 0.269 e. The number of aliphatic hydroxyl groups excluding tert-OH is 1. The maximum absolute atomic E-state index is 11.1. The van der Waals surface area contributed by atoms with Gasteiger partial charge in [-0.05, 0) is 29.9 Å². The molecule has 2 rings (SSSR count). The van der Waals surface area contributed by atoms with Crippen LogP contribution in [0.5, 0.6) is 0 Å². The van der Waals surface area contributed by atoms with Crippen molar-refractivity contribution in [3.8, 4) is 0 Å². The summed E-state index contributed by atoms with van der Waals surface area (Å²) in [4.78, 5) is 21.2. The second-order valence-corrected chi connectivity index (χ2v) is 5.36. The van der Waals surface area contributed by atoms with Crippen molar-refractivity contribution in [2.75, 3.05) is 0 Å². The van der Waals surface area contributed by atoms with Crippen LogP contribution < -0.4 is 0 Å². The van der Waals surface area contributed by atoms with Gasteiger partial charge < -0.3 is 9.90 Å². The van der Waals surface area contributed by atoms with Gasteiger partial charge in [0.25, 0.3) is 5.69 Å². The monoisotopic (exact) mass is 295 g/mol. The van der Waals surface area contributed by atoms with Crippen molar-refractivity contribution < 1.29 is 14.8 Å². The van der Waals surface area contributed by atoms with Crippen LogP contribution in [-0.2, 0) is 4.79 Å². The number of aliphatic hydroxyl groups is 1. The van der Waals surface area contributed by atoms with Crippen LogP contribution in [0.2, 0.25) is 0 Å². The molecule has 0 aliphatic heterocycles. The van der Waals surface area contributed by atoms with E-state index in [-0.39, 0.29) is 17.5 Å². The number of nitrogens with zero attached hydrogens (tertiary/aromatic N) is 1. The predicted octanol–water partition coefficient (Wildman–Crippen LogP) is 3.34. The van der Waals surface area contributed by atoms with Crippen molar-refractivity contribution in [2.45, 2.75) is 24.1 Å². The lowest BCUT2D eigenvalue weighted by Gasteiger charge is -2.31. The van der Waals surface area contributed by atoms with Gasteiger partial charge in [-0.1, -0.05) is 12.1 Å². The van der Waals surface area contributed by atoms with Crippen LogP contribution in [0.3, 0.4) is 0 Å². The molecule has 0 amide bonds. The Hall–Kier alpha value is -1.88. The first-order chi connectivity index (χ1) is 9.56. The molecule has 3 atom stereocenters. The van der Waals surface area contributed by atoms with Crippen LogP contribution in [0, 0.1) is 16.0 Å². The smallest absolute Gasteiger partial charge is 0.269 e. The molecule has 3 unspecified atom stereocenters. The Balaban J connectivity index is 2.23. The number of nitro benzene ring substituents is 1. The largest absolute Gasteiger partial charge is 0.516 e. The highest BCUT2D eigenvalue weighted by atomic mass is 35.5. The quantitative estimate of drug-likeness (QED) is 0.305. The fourth-order valence-corrected chi connectivity index (χ4v) is 2.88. The van der Waals surface area contributed by atoms with E-state index in [1.54, 1.807) is 12.1 Å².